The van der Waals surface area contributed by atoms with Crippen molar-refractivity contribution in [1.82, 2.24) is 5.09 Å². The van der Waals surface area contributed by atoms with Crippen LogP contribution >= 0.6 is 9.39 Å². The van der Waals surface area contributed by atoms with Crippen LogP contribution in [0.3, 0.4) is 0 Å². The Labute approximate surface area is 51.5 Å². The van der Waals surface area contributed by atoms with E-state index in [-0.39, 0.29) is 6.32 Å². The molecule has 2 unspecified atom stereocenters. The number of nitrogens with one attached hydrogen (secondary N) is 1. The Balaban J connectivity index is 3.46. The largest absolute Gasteiger partial charge is 0.371 e. The molecule has 0 aromatic carbocycles. The Kier molecular flexibility index (Phi) is 4.06. The van der Waals surface area contributed by atoms with E-state index in [1.807, 2.05) is 9.39 Å². The highest BCUT2D eigenvalue weighted by Crippen LogP contribution is 1.86. The third kappa shape index (κ3) is 2.41. The van der Waals surface area contributed by atoms with Crippen LogP contribution in [-0.2, 0) is 4.79 Å². The smallest absolute Gasteiger partial charge is 0.167 e. The average molecular weight is 131 g/mol. The standard InChI is InChI=1S/C3H7BNO2P/c4-1-2(6)3(7)5-8/h3,5,7H,1,8H2. The van der Waals surface area contributed by atoms with Crippen LogP contribution in [0.4, 0.5) is 0 Å². The van der Waals surface area contributed by atoms with Gasteiger partial charge in [0, 0.05) is 0 Å². The minimum absolute atomic E-state index is 0.136. The average Bonchev–Trinajstić information content (AvgIpc) is 1.84. The molecule has 0 aliphatic rings. The van der Waals surface area contributed by atoms with Crippen LogP contribution in [0.25, 0.3) is 0 Å². The van der Waals surface area contributed by atoms with Crippen LogP contribution < -0.4 is 5.09 Å². The van der Waals surface area contributed by atoms with E-state index in [4.69, 9.17) is 13.0 Å². The summed E-state index contributed by atoms with van der Waals surface area (Å²) < 4.78 is 0. The van der Waals surface area contributed by atoms with Gasteiger partial charge in [-0.2, -0.15) is 0 Å². The molecule has 0 amide bonds. The van der Waals surface area contributed by atoms with Crippen LogP contribution in [0.15, 0.2) is 0 Å². The molecule has 0 bridgehead atoms. The summed E-state index contributed by atoms with van der Waals surface area (Å²) in [6, 6.07) is 0. The number of Topliss-reactive ketones (excluding diaryl/α,β-unsaturated/α-hetero) is 1. The van der Waals surface area contributed by atoms with Crippen LogP contribution in [0.2, 0.25) is 6.32 Å². The van der Waals surface area contributed by atoms with Crippen molar-refractivity contribution >= 4 is 23.0 Å². The Morgan fingerprint density at radius 1 is 2.00 bits per heavy atom. The third-order valence-electron chi connectivity index (χ3n) is 0.664. The van der Waals surface area contributed by atoms with Gasteiger partial charge < -0.3 is 5.11 Å². The van der Waals surface area contributed by atoms with Crippen molar-refractivity contribution in [2.75, 3.05) is 0 Å². The number of carbonyl (C=O) groups is 1. The topological polar surface area (TPSA) is 49.3 Å². The number of hydrogen-bond donors (Lipinski definition) is 2. The van der Waals surface area contributed by atoms with Gasteiger partial charge in [0.05, 0.1) is 7.85 Å². The SMILES string of the molecule is [B]CC(=O)C(O)NP. The van der Waals surface area contributed by atoms with Crippen molar-refractivity contribution in [1.29, 1.82) is 0 Å². The first-order valence-corrected chi connectivity index (χ1v) is 2.67. The highest BCUT2D eigenvalue weighted by molar-refractivity contribution is 7.13. The van der Waals surface area contributed by atoms with Crippen LogP contribution in [0, 0.1) is 0 Å². The van der Waals surface area contributed by atoms with Crippen molar-refractivity contribution in [3.63, 3.8) is 0 Å². The zero-order valence-electron chi connectivity index (χ0n) is 4.29. The molecule has 2 radical (unpaired) electrons. The second-order valence-corrected chi connectivity index (χ2v) is 1.57. The van der Waals surface area contributed by atoms with Gasteiger partial charge in [-0.05, 0) is 6.32 Å². The first-order chi connectivity index (χ1) is 3.72. The van der Waals surface area contributed by atoms with E-state index in [0.29, 0.717) is 0 Å². The lowest BCUT2D eigenvalue weighted by atomic mass is 10.0. The van der Waals surface area contributed by atoms with E-state index in [0.717, 1.165) is 0 Å². The van der Waals surface area contributed by atoms with Gasteiger partial charge in [-0.3, -0.25) is 9.88 Å². The fraction of sp³-hybridized carbons (Fsp3) is 0.667. The maximum atomic E-state index is 10.3. The summed E-state index contributed by atoms with van der Waals surface area (Å²) in [5, 5.41) is 10.8. The predicted molar refractivity (Wildman–Crippen MR) is 34.4 cm³/mol. The molecule has 8 heavy (non-hydrogen) atoms. The summed E-state index contributed by atoms with van der Waals surface area (Å²) in [5.74, 6) is -0.417. The summed E-state index contributed by atoms with van der Waals surface area (Å²) in [6.07, 6.45) is -1.27. The minimum atomic E-state index is -1.13. The molecule has 0 spiro atoms. The Hall–Kier alpha value is 0.0849. The minimum Gasteiger partial charge on any atom is -0.371 e. The second-order valence-electron chi connectivity index (χ2n) is 1.24. The first-order valence-electron chi connectivity index (χ1n) is 2.09. The maximum Gasteiger partial charge on any atom is 0.167 e. The quantitative estimate of drug-likeness (QED) is 0.288. The van der Waals surface area contributed by atoms with Gasteiger partial charge in [0.2, 0.25) is 0 Å². The van der Waals surface area contributed by atoms with Crippen LogP contribution in [0.1, 0.15) is 0 Å². The normalized spacial score (nSPS) is 13.2. The van der Waals surface area contributed by atoms with Crippen molar-refractivity contribution in [2.45, 2.75) is 12.5 Å². The lowest BCUT2D eigenvalue weighted by Crippen LogP contribution is -2.29. The summed E-state index contributed by atoms with van der Waals surface area (Å²) in [4.78, 5) is 10.3. The fourth-order valence-corrected chi connectivity index (χ4v) is 0.390. The summed E-state index contributed by atoms with van der Waals surface area (Å²) in [7, 11) is 6.91. The van der Waals surface area contributed by atoms with Gasteiger partial charge >= 0.3 is 0 Å². The third-order valence-corrected chi connectivity index (χ3v) is 0.980. The molecule has 2 atom stereocenters. The predicted octanol–water partition coefficient (Wildman–Crippen LogP) is -1.16. The van der Waals surface area contributed by atoms with E-state index in [9.17, 15) is 4.79 Å². The molecule has 0 aromatic heterocycles. The summed E-state index contributed by atoms with van der Waals surface area (Å²) >= 11 is 0. The Morgan fingerprint density at radius 3 is 2.62 bits per heavy atom. The van der Waals surface area contributed by atoms with Crippen molar-refractivity contribution in [3.8, 4) is 0 Å². The lowest BCUT2D eigenvalue weighted by molar-refractivity contribution is -0.125. The molecular formula is C3H7BNO2P. The van der Waals surface area contributed by atoms with Gasteiger partial charge in [-0.15, -0.1) is 0 Å². The van der Waals surface area contributed by atoms with Gasteiger partial charge in [0.1, 0.15) is 0 Å². The van der Waals surface area contributed by atoms with E-state index in [1.54, 1.807) is 0 Å². The number of hydrogen-bond acceptors (Lipinski definition) is 3. The van der Waals surface area contributed by atoms with Crippen molar-refractivity contribution in [3.05, 3.63) is 0 Å². The molecule has 0 aromatic rings. The van der Waals surface area contributed by atoms with E-state index < -0.39 is 12.0 Å². The van der Waals surface area contributed by atoms with Crippen molar-refractivity contribution in [2.24, 2.45) is 0 Å². The zero-order chi connectivity index (χ0) is 6.57. The van der Waals surface area contributed by atoms with Crippen molar-refractivity contribution < 1.29 is 9.90 Å². The van der Waals surface area contributed by atoms with Gasteiger partial charge in [-0.25, -0.2) is 0 Å². The van der Waals surface area contributed by atoms with Gasteiger partial charge in [0.25, 0.3) is 0 Å². The van der Waals surface area contributed by atoms with Crippen LogP contribution in [-0.4, -0.2) is 25.0 Å². The monoisotopic (exact) mass is 131 g/mol. The number of aliphatic hydroxyl groups excluding tert-OH is 1. The van der Waals surface area contributed by atoms with E-state index in [2.05, 4.69) is 5.09 Å². The molecule has 0 aliphatic carbocycles. The molecule has 44 valence electrons. The number of aliphatic hydroxyl groups is 1. The molecule has 0 rings (SSSR count). The van der Waals surface area contributed by atoms with Gasteiger partial charge in [-0.1, -0.05) is 9.39 Å². The van der Waals surface area contributed by atoms with Gasteiger partial charge in [0.15, 0.2) is 12.0 Å². The molecule has 2 N–H and O–H groups in total. The first kappa shape index (κ1) is 8.08. The molecule has 0 saturated carbocycles. The summed E-state index contributed by atoms with van der Waals surface area (Å²) in [6.45, 7) is 0. The zero-order valence-corrected chi connectivity index (χ0v) is 5.45. The highest BCUT2D eigenvalue weighted by Gasteiger charge is 2.07. The Bertz CT molecular complexity index is 89.4. The number of carbonyl (C=O) groups excluding carboxylic acids is 1. The molecule has 0 fully saturated rings. The highest BCUT2D eigenvalue weighted by atomic mass is 31.0. The molecular weight excluding hydrogens is 124 g/mol. The number of ketones is 1. The number of rotatable bonds is 3. The van der Waals surface area contributed by atoms with Crippen LogP contribution in [0.5, 0.6) is 0 Å². The van der Waals surface area contributed by atoms with E-state index >= 15 is 0 Å². The lowest BCUT2D eigenvalue weighted by Gasteiger charge is -2.03. The maximum absolute atomic E-state index is 10.3. The molecule has 0 heterocycles. The molecule has 3 nitrogen and oxygen atoms in total. The Morgan fingerprint density at radius 2 is 2.50 bits per heavy atom. The summed E-state index contributed by atoms with van der Waals surface area (Å²) in [5.41, 5.74) is 0. The molecule has 5 heteroatoms. The fourth-order valence-electron chi connectivity index (χ4n) is 0.205. The molecule has 0 saturated heterocycles. The molecule has 0 aliphatic heterocycles. The van der Waals surface area contributed by atoms with E-state index in [1.165, 1.54) is 0 Å². The second kappa shape index (κ2) is 4.01.